The molecule has 0 aromatic heterocycles. The molecule has 0 saturated carbocycles. The maximum Gasteiger partial charge on any atom is 0.226 e. The van der Waals surface area contributed by atoms with E-state index in [2.05, 4.69) is 5.32 Å². The van der Waals surface area contributed by atoms with Crippen molar-refractivity contribution in [2.45, 2.75) is 50.2 Å². The van der Waals surface area contributed by atoms with Gasteiger partial charge >= 0.3 is 0 Å². The fraction of sp³-hybridized carbons (Fsp3) is 0.588. The molecule has 0 spiro atoms. The number of methoxy groups -OCH3 is 1. The predicted molar refractivity (Wildman–Crippen MR) is 89.6 cm³/mol. The third kappa shape index (κ3) is 3.96. The molecule has 2 unspecified atom stereocenters. The minimum Gasteiger partial charge on any atom is -0.494 e. The number of halogens is 2. The van der Waals surface area contributed by atoms with Gasteiger partial charge in [0.15, 0.2) is 11.6 Å². The number of carbonyl (C=O) groups excluding carboxylic acids is 1. The zero-order chi connectivity index (χ0) is 15.7. The van der Waals surface area contributed by atoms with E-state index in [1.165, 1.54) is 26.0 Å². The number of likely N-dealkylation sites (N-methyl/N-ethyl adjacent to an activating group) is 1. The van der Waals surface area contributed by atoms with Crippen LogP contribution in [0.5, 0.6) is 5.75 Å². The number of rotatable bonds is 4. The van der Waals surface area contributed by atoms with Crippen LogP contribution in [0.4, 0.5) is 4.39 Å². The number of fused-ring (bicyclic) bond motifs is 2. The fourth-order valence-corrected chi connectivity index (χ4v) is 3.67. The first-order valence-corrected chi connectivity index (χ1v) is 7.91. The molecule has 0 aliphatic carbocycles. The van der Waals surface area contributed by atoms with E-state index >= 15 is 0 Å². The van der Waals surface area contributed by atoms with Crippen LogP contribution in [0.25, 0.3) is 0 Å². The number of nitrogens with zero attached hydrogens (tertiary/aromatic N) is 1. The Labute approximate surface area is 142 Å². The van der Waals surface area contributed by atoms with Crippen LogP contribution in [0.15, 0.2) is 18.2 Å². The average molecular weight is 343 g/mol. The number of hydrogen-bond acceptors (Lipinski definition) is 3. The summed E-state index contributed by atoms with van der Waals surface area (Å²) in [6.07, 6.45) is 4.71. The van der Waals surface area contributed by atoms with Crippen molar-refractivity contribution in [3.05, 3.63) is 29.6 Å². The lowest BCUT2D eigenvalue weighted by Crippen LogP contribution is -2.49. The normalized spacial score (nSPS) is 25.6. The van der Waals surface area contributed by atoms with E-state index in [0.29, 0.717) is 23.7 Å². The number of amides is 1. The highest BCUT2D eigenvalue weighted by Gasteiger charge is 2.36. The molecule has 0 radical (unpaired) electrons. The van der Waals surface area contributed by atoms with Crippen molar-refractivity contribution in [2.75, 3.05) is 14.2 Å². The van der Waals surface area contributed by atoms with Crippen molar-refractivity contribution in [3.63, 3.8) is 0 Å². The zero-order valence-corrected chi connectivity index (χ0v) is 14.4. The number of piperidine rings is 1. The number of carbonyl (C=O) groups is 1. The zero-order valence-electron chi connectivity index (χ0n) is 13.5. The predicted octanol–water partition coefficient (Wildman–Crippen LogP) is 2.54. The SMILES string of the molecule is COc1ccc(CC(=O)N(C)C2CC3CCC(C2)N3)cc1F.Cl. The minimum absolute atomic E-state index is 0. The van der Waals surface area contributed by atoms with Gasteiger partial charge in [-0.25, -0.2) is 4.39 Å². The van der Waals surface area contributed by atoms with Crippen LogP contribution >= 0.6 is 12.4 Å². The molecule has 3 rings (SSSR count). The van der Waals surface area contributed by atoms with Gasteiger partial charge in [-0.05, 0) is 43.4 Å². The minimum atomic E-state index is -0.421. The van der Waals surface area contributed by atoms with Crippen molar-refractivity contribution >= 4 is 18.3 Å². The molecule has 2 aliphatic heterocycles. The third-order valence-electron chi connectivity index (χ3n) is 4.96. The van der Waals surface area contributed by atoms with Crippen molar-refractivity contribution < 1.29 is 13.9 Å². The number of ether oxygens (including phenoxy) is 1. The summed E-state index contributed by atoms with van der Waals surface area (Å²) in [7, 11) is 3.31. The van der Waals surface area contributed by atoms with Gasteiger partial charge in [-0.2, -0.15) is 0 Å². The van der Waals surface area contributed by atoms with Crippen LogP contribution in [0.1, 0.15) is 31.2 Å². The van der Waals surface area contributed by atoms with Crippen molar-refractivity contribution in [1.82, 2.24) is 10.2 Å². The van der Waals surface area contributed by atoms with Crippen LogP contribution in [0.3, 0.4) is 0 Å². The number of benzene rings is 1. The molecule has 1 aromatic carbocycles. The van der Waals surface area contributed by atoms with E-state index in [0.717, 1.165) is 12.8 Å². The summed E-state index contributed by atoms with van der Waals surface area (Å²) in [5.74, 6) is -0.161. The third-order valence-corrected chi connectivity index (χ3v) is 4.96. The lowest BCUT2D eigenvalue weighted by atomic mass is 9.98. The Morgan fingerprint density at radius 1 is 1.35 bits per heavy atom. The summed E-state index contributed by atoms with van der Waals surface area (Å²) in [5, 5.41) is 3.58. The Hall–Kier alpha value is -1.33. The fourth-order valence-electron chi connectivity index (χ4n) is 3.67. The van der Waals surface area contributed by atoms with Gasteiger partial charge in [0.05, 0.1) is 13.5 Å². The molecular formula is C17H24ClFN2O2. The second-order valence-electron chi connectivity index (χ2n) is 6.41. The first-order valence-electron chi connectivity index (χ1n) is 7.91. The van der Waals surface area contributed by atoms with Gasteiger partial charge < -0.3 is 15.0 Å². The monoisotopic (exact) mass is 342 g/mol. The van der Waals surface area contributed by atoms with Crippen LogP contribution < -0.4 is 10.1 Å². The van der Waals surface area contributed by atoms with Gasteiger partial charge in [0.2, 0.25) is 5.91 Å². The first-order chi connectivity index (χ1) is 10.6. The Kier molecular flexibility index (Phi) is 5.87. The van der Waals surface area contributed by atoms with E-state index in [-0.39, 0.29) is 30.5 Å². The second-order valence-corrected chi connectivity index (χ2v) is 6.41. The van der Waals surface area contributed by atoms with Crippen molar-refractivity contribution in [1.29, 1.82) is 0 Å². The average Bonchev–Trinajstić information content (AvgIpc) is 2.85. The highest BCUT2D eigenvalue weighted by Crippen LogP contribution is 2.29. The topological polar surface area (TPSA) is 41.6 Å². The Morgan fingerprint density at radius 2 is 2.00 bits per heavy atom. The smallest absolute Gasteiger partial charge is 0.226 e. The van der Waals surface area contributed by atoms with E-state index in [1.807, 2.05) is 11.9 Å². The molecular weight excluding hydrogens is 319 g/mol. The van der Waals surface area contributed by atoms with Gasteiger partial charge in [0, 0.05) is 25.2 Å². The van der Waals surface area contributed by atoms with Crippen molar-refractivity contribution in [2.24, 2.45) is 0 Å². The first kappa shape index (κ1) is 18.0. The van der Waals surface area contributed by atoms with Gasteiger partial charge in [-0.1, -0.05) is 6.07 Å². The van der Waals surface area contributed by atoms with E-state index in [4.69, 9.17) is 4.74 Å². The molecule has 1 N–H and O–H groups in total. The van der Waals surface area contributed by atoms with Crippen LogP contribution in [0, 0.1) is 5.82 Å². The molecule has 2 saturated heterocycles. The molecule has 2 fully saturated rings. The largest absolute Gasteiger partial charge is 0.494 e. The lowest BCUT2D eigenvalue weighted by Gasteiger charge is -2.35. The summed E-state index contributed by atoms with van der Waals surface area (Å²) < 4.78 is 18.6. The van der Waals surface area contributed by atoms with E-state index < -0.39 is 5.82 Å². The summed E-state index contributed by atoms with van der Waals surface area (Å²) in [6, 6.07) is 6.11. The molecule has 23 heavy (non-hydrogen) atoms. The van der Waals surface area contributed by atoms with Gasteiger partial charge in [-0.15, -0.1) is 12.4 Å². The summed E-state index contributed by atoms with van der Waals surface area (Å²) >= 11 is 0. The molecule has 1 aromatic rings. The highest BCUT2D eigenvalue weighted by atomic mass is 35.5. The van der Waals surface area contributed by atoms with E-state index in [9.17, 15) is 9.18 Å². The molecule has 4 nitrogen and oxygen atoms in total. The summed E-state index contributed by atoms with van der Waals surface area (Å²) in [5.41, 5.74) is 0.687. The maximum atomic E-state index is 13.7. The molecule has 1 amide bonds. The maximum absolute atomic E-state index is 13.7. The molecule has 6 heteroatoms. The van der Waals surface area contributed by atoms with E-state index in [1.54, 1.807) is 12.1 Å². The van der Waals surface area contributed by atoms with Gasteiger partial charge in [0.1, 0.15) is 0 Å². The van der Waals surface area contributed by atoms with Crippen LogP contribution in [0.2, 0.25) is 0 Å². The number of nitrogens with one attached hydrogen (secondary N) is 1. The molecule has 2 aliphatic rings. The Morgan fingerprint density at radius 3 is 2.57 bits per heavy atom. The standard InChI is InChI=1S/C17H23FN2O2.ClH/c1-20(14-9-12-4-5-13(10-14)19-12)17(21)8-11-3-6-16(22-2)15(18)7-11;/h3,6-7,12-14,19H,4-5,8-10H2,1-2H3;1H. The van der Waals surface area contributed by atoms with Crippen LogP contribution in [-0.2, 0) is 11.2 Å². The molecule has 2 heterocycles. The highest BCUT2D eigenvalue weighted by molar-refractivity contribution is 5.85. The van der Waals surface area contributed by atoms with Crippen LogP contribution in [-0.4, -0.2) is 43.1 Å². The lowest BCUT2D eigenvalue weighted by molar-refractivity contribution is -0.131. The quantitative estimate of drug-likeness (QED) is 0.914. The Bertz CT molecular complexity index is 558. The summed E-state index contributed by atoms with van der Waals surface area (Å²) in [4.78, 5) is 14.3. The van der Waals surface area contributed by atoms with Gasteiger partial charge in [-0.3, -0.25) is 4.79 Å². The van der Waals surface area contributed by atoms with Crippen molar-refractivity contribution in [3.8, 4) is 5.75 Å². The number of hydrogen-bond donors (Lipinski definition) is 1. The molecule has 2 bridgehead atoms. The van der Waals surface area contributed by atoms with Gasteiger partial charge in [0.25, 0.3) is 0 Å². The summed E-state index contributed by atoms with van der Waals surface area (Å²) in [6.45, 7) is 0. The second kappa shape index (κ2) is 7.49. The Balaban J connectivity index is 0.00000192. The molecule has 2 atom stereocenters. The molecule has 128 valence electrons.